The van der Waals surface area contributed by atoms with Crippen LogP contribution in [0.5, 0.6) is 0 Å². The number of rotatable bonds is 6. The minimum Gasteiger partial charge on any atom is -0.360 e. The molecule has 5 nitrogen and oxygen atoms in total. The first-order chi connectivity index (χ1) is 12.5. The van der Waals surface area contributed by atoms with Gasteiger partial charge in [0.25, 0.3) is 5.91 Å². The van der Waals surface area contributed by atoms with E-state index in [-0.39, 0.29) is 24.3 Å². The molecule has 0 saturated carbocycles. The second-order valence-corrected chi connectivity index (χ2v) is 6.77. The van der Waals surface area contributed by atoms with Crippen LogP contribution in [0.3, 0.4) is 0 Å². The van der Waals surface area contributed by atoms with E-state index >= 15 is 0 Å². The number of Topliss-reactive ketones (excluding diaryl/α,β-unsaturated/α-hetero) is 1. The molecule has 134 valence electrons. The summed E-state index contributed by atoms with van der Waals surface area (Å²) >= 11 is 0. The van der Waals surface area contributed by atoms with Gasteiger partial charge in [0, 0.05) is 28.4 Å². The highest BCUT2D eigenvalue weighted by molar-refractivity contribution is 6.09. The molecule has 0 spiro atoms. The maximum Gasteiger partial charge on any atom is 0.279 e. The number of aryl methyl sites for hydroxylation is 1. The molecular formula is C21H24N3O2+. The smallest absolute Gasteiger partial charge is 0.279 e. The molecule has 2 aromatic carbocycles. The summed E-state index contributed by atoms with van der Waals surface area (Å²) in [7, 11) is 1.87. The van der Waals surface area contributed by atoms with Crippen LogP contribution in [-0.2, 0) is 4.79 Å². The largest absolute Gasteiger partial charge is 0.360 e. The Bertz CT molecular complexity index is 928. The third kappa shape index (κ3) is 3.83. The van der Waals surface area contributed by atoms with E-state index in [1.165, 1.54) is 0 Å². The number of amides is 1. The second kappa shape index (κ2) is 7.54. The molecule has 1 unspecified atom stereocenters. The fourth-order valence-corrected chi connectivity index (χ4v) is 2.98. The summed E-state index contributed by atoms with van der Waals surface area (Å²) in [5.74, 6) is -0.0759. The van der Waals surface area contributed by atoms with Crippen LogP contribution in [0.2, 0.25) is 0 Å². The van der Waals surface area contributed by atoms with Crippen LogP contribution in [0, 0.1) is 6.92 Å². The van der Waals surface area contributed by atoms with Gasteiger partial charge in [-0.3, -0.25) is 9.59 Å². The number of hydrogen-bond acceptors (Lipinski definition) is 2. The molecule has 0 fully saturated rings. The minimum atomic E-state index is -0.321. The minimum absolute atomic E-state index is 0.0306. The number of likely N-dealkylation sites (N-methyl/N-ethyl adjacent to an activating group) is 1. The number of para-hydroxylation sites is 1. The van der Waals surface area contributed by atoms with Crippen molar-refractivity contribution in [3.05, 3.63) is 65.9 Å². The average Bonchev–Trinajstić information content (AvgIpc) is 3.06. The van der Waals surface area contributed by atoms with E-state index in [0.29, 0.717) is 5.56 Å². The summed E-state index contributed by atoms with van der Waals surface area (Å²) in [6.45, 7) is 4.09. The van der Waals surface area contributed by atoms with Crippen LogP contribution >= 0.6 is 0 Å². The maximum atomic E-state index is 12.9. The Balaban J connectivity index is 1.65. The molecule has 1 aromatic heterocycles. The third-order valence-electron chi connectivity index (χ3n) is 4.76. The number of carbonyl (C=O) groups excluding carboxylic acids is 2. The molecule has 26 heavy (non-hydrogen) atoms. The van der Waals surface area contributed by atoms with Crippen molar-refractivity contribution in [2.75, 3.05) is 18.9 Å². The van der Waals surface area contributed by atoms with E-state index in [1.807, 2.05) is 69.4 Å². The quantitative estimate of drug-likeness (QED) is 0.597. The zero-order chi connectivity index (χ0) is 18.7. The number of aromatic amines is 1. The van der Waals surface area contributed by atoms with Gasteiger partial charge < -0.3 is 15.2 Å². The SMILES string of the molecule is Cc1ccc(NC(=O)C[NH+](C)[C@@H](C)C(=O)c2c[nH]c3ccccc23)cc1. The summed E-state index contributed by atoms with van der Waals surface area (Å²) in [5.41, 5.74) is 3.52. The number of hydrogen-bond donors (Lipinski definition) is 3. The number of ketones is 1. The Morgan fingerprint density at radius 2 is 1.81 bits per heavy atom. The van der Waals surface area contributed by atoms with Gasteiger partial charge >= 0.3 is 0 Å². The summed E-state index contributed by atoms with van der Waals surface area (Å²) in [6.07, 6.45) is 1.75. The molecular weight excluding hydrogens is 326 g/mol. The third-order valence-corrected chi connectivity index (χ3v) is 4.76. The molecule has 3 aromatic rings. The highest BCUT2D eigenvalue weighted by Gasteiger charge is 2.26. The molecule has 3 N–H and O–H groups in total. The topological polar surface area (TPSA) is 66.4 Å². The molecule has 1 heterocycles. The lowest BCUT2D eigenvalue weighted by Crippen LogP contribution is -3.14. The van der Waals surface area contributed by atoms with E-state index in [9.17, 15) is 9.59 Å². The van der Waals surface area contributed by atoms with Gasteiger partial charge in [0.15, 0.2) is 6.54 Å². The summed E-state index contributed by atoms with van der Waals surface area (Å²) < 4.78 is 0. The van der Waals surface area contributed by atoms with E-state index in [0.717, 1.165) is 27.1 Å². The number of benzene rings is 2. The predicted octanol–water partition coefficient (Wildman–Crippen LogP) is 2.20. The molecule has 0 saturated heterocycles. The molecule has 5 heteroatoms. The number of carbonyl (C=O) groups is 2. The first kappa shape index (κ1) is 17.9. The Kier molecular flexibility index (Phi) is 5.19. The average molecular weight is 350 g/mol. The van der Waals surface area contributed by atoms with Gasteiger partial charge in [-0.05, 0) is 32.0 Å². The number of nitrogens with one attached hydrogen (secondary N) is 3. The molecule has 2 atom stereocenters. The van der Waals surface area contributed by atoms with Crippen molar-refractivity contribution in [2.24, 2.45) is 0 Å². The Labute approximate surface area is 153 Å². The monoisotopic (exact) mass is 350 g/mol. The fraction of sp³-hybridized carbons (Fsp3) is 0.238. The standard InChI is InChI=1S/C21H23N3O2/c1-14-8-10-16(11-9-14)23-20(25)13-24(3)15(2)21(26)18-12-22-19-7-5-4-6-17(18)19/h4-12,15,22H,13H2,1-3H3,(H,23,25)/p+1/t15-/m0/s1. The van der Waals surface area contributed by atoms with Gasteiger partial charge in [0.1, 0.15) is 6.04 Å². The number of anilines is 1. The Morgan fingerprint density at radius 3 is 2.54 bits per heavy atom. The first-order valence-corrected chi connectivity index (χ1v) is 8.75. The maximum absolute atomic E-state index is 12.9. The van der Waals surface area contributed by atoms with Gasteiger partial charge in [-0.2, -0.15) is 0 Å². The Hall–Kier alpha value is -2.92. The van der Waals surface area contributed by atoms with Gasteiger partial charge in [-0.25, -0.2) is 0 Å². The van der Waals surface area contributed by atoms with Crippen molar-refractivity contribution < 1.29 is 14.5 Å². The molecule has 0 aliphatic carbocycles. The fourth-order valence-electron chi connectivity index (χ4n) is 2.98. The van der Waals surface area contributed by atoms with Gasteiger partial charge in [-0.15, -0.1) is 0 Å². The van der Waals surface area contributed by atoms with E-state index < -0.39 is 0 Å². The summed E-state index contributed by atoms with van der Waals surface area (Å²) in [6, 6.07) is 15.1. The van der Waals surface area contributed by atoms with Gasteiger partial charge in [-0.1, -0.05) is 35.9 Å². The van der Waals surface area contributed by atoms with E-state index in [4.69, 9.17) is 0 Å². The zero-order valence-electron chi connectivity index (χ0n) is 15.3. The summed E-state index contributed by atoms with van der Waals surface area (Å²) in [4.78, 5) is 29.1. The lowest BCUT2D eigenvalue weighted by Gasteiger charge is -2.20. The highest BCUT2D eigenvalue weighted by atomic mass is 16.2. The van der Waals surface area contributed by atoms with Crippen molar-refractivity contribution in [3.63, 3.8) is 0 Å². The molecule has 3 rings (SSSR count). The molecule has 0 bridgehead atoms. The van der Waals surface area contributed by atoms with Crippen LogP contribution in [0.1, 0.15) is 22.8 Å². The molecule has 0 aliphatic heterocycles. The number of quaternary nitrogens is 1. The molecule has 0 radical (unpaired) electrons. The van der Waals surface area contributed by atoms with Crippen LogP contribution < -0.4 is 10.2 Å². The lowest BCUT2D eigenvalue weighted by molar-refractivity contribution is -0.885. The normalized spacial score (nSPS) is 13.3. The number of aromatic nitrogens is 1. The van der Waals surface area contributed by atoms with E-state index in [2.05, 4.69) is 10.3 Å². The Morgan fingerprint density at radius 1 is 1.12 bits per heavy atom. The van der Waals surface area contributed by atoms with Crippen molar-refractivity contribution in [3.8, 4) is 0 Å². The highest BCUT2D eigenvalue weighted by Crippen LogP contribution is 2.18. The van der Waals surface area contributed by atoms with Crippen LogP contribution in [0.25, 0.3) is 10.9 Å². The van der Waals surface area contributed by atoms with Crippen LogP contribution in [0.15, 0.2) is 54.7 Å². The van der Waals surface area contributed by atoms with E-state index in [1.54, 1.807) is 6.20 Å². The second-order valence-electron chi connectivity index (χ2n) is 6.77. The first-order valence-electron chi connectivity index (χ1n) is 8.75. The van der Waals surface area contributed by atoms with Crippen molar-refractivity contribution in [2.45, 2.75) is 19.9 Å². The van der Waals surface area contributed by atoms with Crippen LogP contribution in [-0.4, -0.2) is 36.3 Å². The van der Waals surface area contributed by atoms with Gasteiger partial charge in [0.2, 0.25) is 5.78 Å². The van der Waals surface area contributed by atoms with Crippen molar-refractivity contribution >= 4 is 28.3 Å². The predicted molar refractivity (Wildman–Crippen MR) is 104 cm³/mol. The van der Waals surface area contributed by atoms with Gasteiger partial charge in [0.05, 0.1) is 7.05 Å². The van der Waals surface area contributed by atoms with Crippen molar-refractivity contribution in [1.82, 2.24) is 4.98 Å². The van der Waals surface area contributed by atoms with Crippen LogP contribution in [0.4, 0.5) is 5.69 Å². The molecule has 0 aliphatic rings. The zero-order valence-corrected chi connectivity index (χ0v) is 15.3. The number of H-pyrrole nitrogens is 1. The summed E-state index contributed by atoms with van der Waals surface area (Å²) in [5, 5.41) is 3.80. The number of fused-ring (bicyclic) bond motifs is 1. The van der Waals surface area contributed by atoms with Crippen molar-refractivity contribution in [1.29, 1.82) is 0 Å². The lowest BCUT2D eigenvalue weighted by atomic mass is 10.0. The molecule has 1 amide bonds.